The number of hydrogen-bond acceptors (Lipinski definition) is 5. The molecule has 2 rings (SSSR count). The first-order valence-corrected chi connectivity index (χ1v) is 9.07. The number of unbranched alkanes of at least 4 members (excludes halogenated alkanes) is 1. The Morgan fingerprint density at radius 1 is 1.05 bits per heavy atom. The van der Waals surface area contributed by atoms with Crippen LogP contribution in [0.3, 0.4) is 0 Å². The van der Waals surface area contributed by atoms with Crippen molar-refractivity contribution in [3.8, 4) is 0 Å². The summed E-state index contributed by atoms with van der Waals surface area (Å²) in [6.07, 6.45) is 6.74. The molecule has 0 bridgehead atoms. The van der Waals surface area contributed by atoms with E-state index in [1.807, 2.05) is 0 Å². The Morgan fingerprint density at radius 2 is 1.73 bits per heavy atom. The minimum Gasteiger partial charge on any atom is -0.463 e. The van der Waals surface area contributed by atoms with Gasteiger partial charge in [-0.25, -0.2) is 4.79 Å². The number of piperidine rings is 1. The number of hydrogen-bond donors (Lipinski definition) is 1. The molecule has 0 spiro atoms. The highest BCUT2D eigenvalue weighted by molar-refractivity contribution is 5.80. The topological polar surface area (TPSA) is 44.8 Å². The van der Waals surface area contributed by atoms with Gasteiger partial charge in [0, 0.05) is 32.7 Å². The van der Waals surface area contributed by atoms with Crippen molar-refractivity contribution in [2.45, 2.75) is 58.0 Å². The molecule has 2 heterocycles. The maximum absolute atomic E-state index is 12.9. The highest BCUT2D eigenvalue weighted by Crippen LogP contribution is 2.27. The van der Waals surface area contributed by atoms with Crippen molar-refractivity contribution in [2.24, 2.45) is 0 Å². The maximum Gasteiger partial charge on any atom is 0.341 e. The lowest BCUT2D eigenvalue weighted by atomic mass is 10.0. The Bertz CT molecular complexity index is 337. The Balaban J connectivity index is 2.12. The molecule has 0 aromatic carbocycles. The lowest BCUT2D eigenvalue weighted by molar-refractivity contribution is -0.174. The van der Waals surface area contributed by atoms with Crippen molar-refractivity contribution in [1.82, 2.24) is 15.1 Å². The van der Waals surface area contributed by atoms with Crippen LogP contribution in [0.25, 0.3) is 0 Å². The van der Waals surface area contributed by atoms with E-state index in [1.165, 1.54) is 19.3 Å². The van der Waals surface area contributed by atoms with Crippen LogP contribution in [0.4, 0.5) is 0 Å². The summed E-state index contributed by atoms with van der Waals surface area (Å²) in [5, 5.41) is 3.43. The molecule has 1 atom stereocenters. The maximum atomic E-state index is 12.9. The zero-order chi connectivity index (χ0) is 15.8. The summed E-state index contributed by atoms with van der Waals surface area (Å²) in [7, 11) is 0. The quantitative estimate of drug-likeness (QED) is 0.599. The van der Waals surface area contributed by atoms with Gasteiger partial charge in [-0.2, -0.15) is 0 Å². The molecule has 128 valence electrons. The van der Waals surface area contributed by atoms with E-state index >= 15 is 0 Å². The monoisotopic (exact) mass is 311 g/mol. The number of carbonyl (C=O) groups is 1. The predicted octanol–water partition coefficient (Wildman–Crippen LogP) is 1.83. The van der Waals surface area contributed by atoms with Crippen LogP contribution in [0.5, 0.6) is 0 Å². The normalized spacial score (nSPS) is 24.5. The van der Waals surface area contributed by atoms with E-state index in [-0.39, 0.29) is 5.97 Å². The van der Waals surface area contributed by atoms with Gasteiger partial charge < -0.3 is 10.1 Å². The first kappa shape index (κ1) is 17.7. The fraction of sp³-hybridized carbons (Fsp3) is 0.941. The average Bonchev–Trinajstić information content (AvgIpc) is 2.84. The zero-order valence-electron chi connectivity index (χ0n) is 14.4. The molecular formula is C17H33N3O2. The van der Waals surface area contributed by atoms with Crippen molar-refractivity contribution in [3.05, 3.63) is 0 Å². The second-order valence-corrected chi connectivity index (χ2v) is 6.65. The first-order chi connectivity index (χ1) is 10.7. The summed E-state index contributed by atoms with van der Waals surface area (Å²) in [5.41, 5.74) is -0.597. The van der Waals surface area contributed by atoms with E-state index < -0.39 is 5.66 Å². The highest BCUT2D eigenvalue weighted by Gasteiger charge is 2.46. The van der Waals surface area contributed by atoms with Crippen LogP contribution in [-0.4, -0.2) is 67.3 Å². The van der Waals surface area contributed by atoms with Crippen LogP contribution in [0.15, 0.2) is 0 Å². The van der Waals surface area contributed by atoms with Gasteiger partial charge >= 0.3 is 5.97 Å². The molecule has 1 N–H and O–H groups in total. The number of nitrogens with one attached hydrogen (secondary N) is 1. The number of rotatable bonds is 6. The summed E-state index contributed by atoms with van der Waals surface area (Å²) in [6.45, 7) is 10.6. The average molecular weight is 311 g/mol. The smallest absolute Gasteiger partial charge is 0.341 e. The summed E-state index contributed by atoms with van der Waals surface area (Å²) in [5.74, 6) is -0.0512. The number of carbonyl (C=O) groups excluding carboxylic acids is 1. The van der Waals surface area contributed by atoms with E-state index in [0.29, 0.717) is 6.61 Å². The molecule has 0 radical (unpaired) electrons. The van der Waals surface area contributed by atoms with E-state index in [1.54, 1.807) is 0 Å². The van der Waals surface area contributed by atoms with Crippen LogP contribution in [-0.2, 0) is 9.53 Å². The van der Waals surface area contributed by atoms with E-state index in [4.69, 9.17) is 4.74 Å². The van der Waals surface area contributed by atoms with Crippen LogP contribution in [0.2, 0.25) is 0 Å². The van der Waals surface area contributed by atoms with Crippen LogP contribution < -0.4 is 5.32 Å². The summed E-state index contributed by atoms with van der Waals surface area (Å²) >= 11 is 0. The van der Waals surface area contributed by atoms with Crippen molar-refractivity contribution in [1.29, 1.82) is 0 Å². The van der Waals surface area contributed by atoms with Crippen molar-refractivity contribution in [3.63, 3.8) is 0 Å². The largest absolute Gasteiger partial charge is 0.463 e. The number of likely N-dealkylation sites (tertiary alicyclic amines) is 1. The lowest BCUT2D eigenvalue weighted by Crippen LogP contribution is -2.65. The van der Waals surface area contributed by atoms with E-state index in [2.05, 4.69) is 29.0 Å². The second kappa shape index (κ2) is 8.85. The molecule has 2 aliphatic rings. The number of ether oxygens (including phenoxy) is 1. The van der Waals surface area contributed by atoms with E-state index in [9.17, 15) is 4.79 Å². The first-order valence-electron chi connectivity index (χ1n) is 9.07. The molecule has 5 heteroatoms. The van der Waals surface area contributed by atoms with Crippen LogP contribution in [0.1, 0.15) is 52.4 Å². The Hall–Kier alpha value is -0.650. The molecule has 22 heavy (non-hydrogen) atoms. The molecule has 0 amide bonds. The van der Waals surface area contributed by atoms with Gasteiger partial charge in [-0.05, 0) is 39.2 Å². The predicted molar refractivity (Wildman–Crippen MR) is 88.8 cm³/mol. The van der Waals surface area contributed by atoms with Crippen LogP contribution in [0, 0.1) is 0 Å². The minimum atomic E-state index is -0.597. The van der Waals surface area contributed by atoms with Gasteiger partial charge in [0.2, 0.25) is 0 Å². The third kappa shape index (κ3) is 4.21. The number of nitrogens with zero attached hydrogens (tertiary/aromatic N) is 2. The molecule has 0 aromatic rings. The second-order valence-electron chi connectivity index (χ2n) is 6.65. The Morgan fingerprint density at radius 3 is 2.45 bits per heavy atom. The summed E-state index contributed by atoms with van der Waals surface area (Å²) in [6, 6.07) is 0. The molecule has 2 fully saturated rings. The molecular weight excluding hydrogens is 278 g/mol. The third-order valence-electron chi connectivity index (χ3n) is 5.05. The van der Waals surface area contributed by atoms with Crippen LogP contribution >= 0.6 is 0 Å². The zero-order valence-corrected chi connectivity index (χ0v) is 14.4. The van der Waals surface area contributed by atoms with Gasteiger partial charge in [-0.15, -0.1) is 0 Å². The molecule has 0 aliphatic carbocycles. The SMILES string of the molecule is CCCCOC(=O)C(C)(N1CCCCC1)N1CCCNCC1. The lowest BCUT2D eigenvalue weighted by Gasteiger charge is -2.47. The third-order valence-corrected chi connectivity index (χ3v) is 5.05. The molecule has 1 unspecified atom stereocenters. The van der Waals surface area contributed by atoms with E-state index in [0.717, 1.165) is 58.5 Å². The fourth-order valence-corrected chi connectivity index (χ4v) is 3.51. The summed E-state index contributed by atoms with van der Waals surface area (Å²) in [4.78, 5) is 17.6. The van der Waals surface area contributed by atoms with Gasteiger partial charge in [-0.1, -0.05) is 19.8 Å². The van der Waals surface area contributed by atoms with Gasteiger partial charge in [-0.3, -0.25) is 9.80 Å². The molecule has 5 nitrogen and oxygen atoms in total. The molecule has 0 saturated carbocycles. The highest BCUT2D eigenvalue weighted by atomic mass is 16.5. The fourth-order valence-electron chi connectivity index (χ4n) is 3.51. The standard InChI is InChI=1S/C17H33N3O2/c1-3-4-15-22-16(21)17(2,19-11-6-5-7-12-19)20-13-8-9-18-10-14-20/h18H,3-15H2,1-2H3. The summed E-state index contributed by atoms with van der Waals surface area (Å²) < 4.78 is 5.65. The van der Waals surface area contributed by atoms with Gasteiger partial charge in [0.05, 0.1) is 6.61 Å². The Labute approximate surface area is 135 Å². The minimum absolute atomic E-state index is 0.0512. The number of esters is 1. The molecule has 0 aromatic heterocycles. The Kier molecular flexibility index (Phi) is 7.12. The van der Waals surface area contributed by atoms with Crippen molar-refractivity contribution < 1.29 is 9.53 Å². The molecule has 2 saturated heterocycles. The van der Waals surface area contributed by atoms with Gasteiger partial charge in [0.1, 0.15) is 0 Å². The van der Waals surface area contributed by atoms with Gasteiger partial charge in [0.25, 0.3) is 0 Å². The van der Waals surface area contributed by atoms with Gasteiger partial charge in [0.15, 0.2) is 5.66 Å². The van der Waals surface area contributed by atoms with Crippen molar-refractivity contribution >= 4 is 5.97 Å². The molecule has 2 aliphatic heterocycles. The van der Waals surface area contributed by atoms with Crippen molar-refractivity contribution in [2.75, 3.05) is 45.9 Å².